The van der Waals surface area contributed by atoms with E-state index in [2.05, 4.69) is 40.6 Å². The number of rotatable bonds is 5. The van der Waals surface area contributed by atoms with Crippen molar-refractivity contribution in [3.8, 4) is 11.8 Å². The molecule has 1 aromatic heterocycles. The van der Waals surface area contributed by atoms with E-state index in [9.17, 15) is 9.18 Å². The van der Waals surface area contributed by atoms with Crippen LogP contribution in [0.3, 0.4) is 0 Å². The number of benzene rings is 2. The number of hydrogen-bond acceptors (Lipinski definition) is 5. The molecule has 2 aromatic carbocycles. The molecule has 1 atom stereocenters. The van der Waals surface area contributed by atoms with Crippen LogP contribution >= 0.6 is 23.2 Å². The summed E-state index contributed by atoms with van der Waals surface area (Å²) in [6.07, 6.45) is 3.61. The Morgan fingerprint density at radius 3 is 2.91 bits per heavy atom. The first-order valence-corrected chi connectivity index (χ1v) is 11.0. The number of carbonyl (C=O) groups excluding carboxylic acids is 1. The summed E-state index contributed by atoms with van der Waals surface area (Å²) in [7, 11) is 0. The number of carbonyl (C=O) groups is 1. The first kappa shape index (κ1) is 23.2. The van der Waals surface area contributed by atoms with Crippen LogP contribution in [0.15, 0.2) is 43.2 Å². The van der Waals surface area contributed by atoms with Gasteiger partial charge < -0.3 is 10.1 Å². The Labute approximate surface area is 201 Å². The quantitative estimate of drug-likeness (QED) is 0.278. The zero-order valence-corrected chi connectivity index (χ0v) is 19.4. The van der Waals surface area contributed by atoms with E-state index < -0.39 is 5.82 Å². The first-order chi connectivity index (χ1) is 15.8. The normalized spacial score (nSPS) is 17.5. The molecule has 0 spiro atoms. The fourth-order valence-electron chi connectivity index (χ4n) is 3.50. The van der Waals surface area contributed by atoms with E-state index in [-0.39, 0.29) is 33.4 Å². The van der Waals surface area contributed by atoms with Crippen molar-refractivity contribution in [2.75, 3.05) is 18.5 Å². The van der Waals surface area contributed by atoms with Crippen LogP contribution in [0.4, 0.5) is 15.9 Å². The van der Waals surface area contributed by atoms with E-state index in [0.29, 0.717) is 41.1 Å². The maximum Gasteiger partial charge on any atom is 0.166 e. The molecular weight excluding hydrogens is 464 g/mol. The fourth-order valence-corrected chi connectivity index (χ4v) is 3.81. The summed E-state index contributed by atoms with van der Waals surface area (Å²) < 4.78 is 20.1. The fraction of sp³-hybridized carbons (Fsp3) is 0.240. The average Bonchev–Trinajstić information content (AvgIpc) is 3.25. The molecule has 4 rings (SSSR count). The van der Waals surface area contributed by atoms with Crippen molar-refractivity contribution in [1.29, 1.82) is 0 Å². The standard InChI is InChI=1S/C25H20Cl2FN3O2/c1-3-17(32)10-16-11-18-21(12-15(16)6-7-25(2)8-9-33-13-25)29-14-30-24(18)31-20-5-4-19(26)22(27)23(20)28/h3-5,11-12,14H,1,8-10,13H2,2H3,(H,29,30,31). The molecule has 0 bridgehead atoms. The monoisotopic (exact) mass is 483 g/mol. The lowest BCUT2D eigenvalue weighted by Gasteiger charge is -2.14. The van der Waals surface area contributed by atoms with Gasteiger partial charge in [-0.1, -0.05) is 41.6 Å². The molecule has 0 radical (unpaired) electrons. The van der Waals surface area contributed by atoms with Crippen molar-refractivity contribution in [2.24, 2.45) is 5.41 Å². The van der Waals surface area contributed by atoms with E-state index in [1.807, 2.05) is 6.07 Å². The number of nitrogens with one attached hydrogen (secondary N) is 1. The third-order valence-corrected chi connectivity index (χ3v) is 6.24. The number of hydrogen-bond donors (Lipinski definition) is 1. The van der Waals surface area contributed by atoms with E-state index >= 15 is 0 Å². The lowest BCUT2D eigenvalue weighted by Crippen LogP contribution is -2.12. The summed E-state index contributed by atoms with van der Waals surface area (Å²) in [5.41, 5.74) is 1.87. The smallest absolute Gasteiger partial charge is 0.166 e. The van der Waals surface area contributed by atoms with Crippen LogP contribution in [0.5, 0.6) is 0 Å². The molecule has 1 aliphatic heterocycles. The molecule has 2 heterocycles. The predicted molar refractivity (Wildman–Crippen MR) is 129 cm³/mol. The molecule has 168 valence electrons. The van der Waals surface area contributed by atoms with Gasteiger partial charge in [0.05, 0.1) is 33.3 Å². The van der Waals surface area contributed by atoms with Crippen LogP contribution < -0.4 is 5.32 Å². The molecule has 5 nitrogen and oxygen atoms in total. The highest BCUT2D eigenvalue weighted by molar-refractivity contribution is 6.42. The Morgan fingerprint density at radius 1 is 1.36 bits per heavy atom. The summed E-state index contributed by atoms with van der Waals surface area (Å²) in [6.45, 7) is 6.87. The highest BCUT2D eigenvalue weighted by Crippen LogP contribution is 2.33. The summed E-state index contributed by atoms with van der Waals surface area (Å²) >= 11 is 11.8. The summed E-state index contributed by atoms with van der Waals surface area (Å²) in [5.74, 6) is 6.05. The second-order valence-corrected chi connectivity index (χ2v) is 8.84. The molecule has 1 N–H and O–H groups in total. The van der Waals surface area contributed by atoms with E-state index in [1.165, 1.54) is 24.5 Å². The van der Waals surface area contributed by atoms with Crippen LogP contribution in [0.1, 0.15) is 24.5 Å². The van der Waals surface area contributed by atoms with E-state index in [0.717, 1.165) is 6.42 Å². The molecule has 1 aliphatic rings. The van der Waals surface area contributed by atoms with Gasteiger partial charge in [-0.3, -0.25) is 4.79 Å². The van der Waals surface area contributed by atoms with Crippen molar-refractivity contribution in [3.05, 3.63) is 70.2 Å². The zero-order chi connectivity index (χ0) is 23.6. The Bertz CT molecular complexity index is 1320. The Balaban J connectivity index is 1.80. The lowest BCUT2D eigenvalue weighted by atomic mass is 9.90. The van der Waals surface area contributed by atoms with Gasteiger partial charge in [0, 0.05) is 24.0 Å². The van der Waals surface area contributed by atoms with Gasteiger partial charge in [0.2, 0.25) is 0 Å². The summed E-state index contributed by atoms with van der Waals surface area (Å²) in [4.78, 5) is 20.8. The molecule has 1 saturated heterocycles. The van der Waals surface area contributed by atoms with Gasteiger partial charge in [0.1, 0.15) is 12.1 Å². The maximum absolute atomic E-state index is 14.6. The molecule has 0 aliphatic carbocycles. The molecule has 33 heavy (non-hydrogen) atoms. The molecule has 8 heteroatoms. The zero-order valence-electron chi connectivity index (χ0n) is 17.8. The Kier molecular flexibility index (Phi) is 6.66. The second-order valence-electron chi connectivity index (χ2n) is 8.06. The lowest BCUT2D eigenvalue weighted by molar-refractivity contribution is -0.114. The van der Waals surface area contributed by atoms with Crippen LogP contribution in [-0.2, 0) is 16.0 Å². The third kappa shape index (κ3) is 5.01. The number of halogens is 3. The number of fused-ring (bicyclic) bond motifs is 1. The number of ketones is 1. The maximum atomic E-state index is 14.6. The molecule has 0 saturated carbocycles. The second kappa shape index (κ2) is 9.48. The third-order valence-electron chi connectivity index (χ3n) is 5.46. The summed E-state index contributed by atoms with van der Waals surface area (Å²) in [5, 5.41) is 3.49. The van der Waals surface area contributed by atoms with Crippen molar-refractivity contribution < 1.29 is 13.9 Å². The number of allylic oxidation sites excluding steroid dienone is 1. The van der Waals surface area contributed by atoms with Crippen LogP contribution in [0.2, 0.25) is 10.0 Å². The molecule has 3 aromatic rings. The van der Waals surface area contributed by atoms with Crippen LogP contribution in [0, 0.1) is 23.1 Å². The Morgan fingerprint density at radius 2 is 2.18 bits per heavy atom. The minimum atomic E-state index is -0.687. The first-order valence-electron chi connectivity index (χ1n) is 10.2. The number of aromatic nitrogens is 2. The SMILES string of the molecule is C=CC(=O)Cc1cc2c(Nc3ccc(Cl)c(Cl)c3F)ncnc2cc1C#CC1(C)CCOC1. The molecular formula is C25H20Cl2FN3O2. The highest BCUT2D eigenvalue weighted by atomic mass is 35.5. The van der Waals surface area contributed by atoms with Crippen molar-refractivity contribution in [1.82, 2.24) is 9.97 Å². The average molecular weight is 484 g/mol. The summed E-state index contributed by atoms with van der Waals surface area (Å²) in [6, 6.07) is 6.58. The van der Waals surface area contributed by atoms with Gasteiger partial charge in [-0.15, -0.1) is 0 Å². The van der Waals surface area contributed by atoms with Gasteiger partial charge in [0.25, 0.3) is 0 Å². The topological polar surface area (TPSA) is 64.1 Å². The largest absolute Gasteiger partial charge is 0.380 e. The highest BCUT2D eigenvalue weighted by Gasteiger charge is 2.27. The van der Waals surface area contributed by atoms with Crippen molar-refractivity contribution in [2.45, 2.75) is 19.8 Å². The Hall–Kier alpha value is -2.98. The minimum Gasteiger partial charge on any atom is -0.380 e. The molecule has 1 unspecified atom stereocenters. The molecule has 1 fully saturated rings. The van der Waals surface area contributed by atoms with Crippen LogP contribution in [-0.4, -0.2) is 29.0 Å². The number of nitrogens with zero attached hydrogens (tertiary/aromatic N) is 2. The van der Waals surface area contributed by atoms with Crippen molar-refractivity contribution >= 4 is 51.4 Å². The van der Waals surface area contributed by atoms with Crippen LogP contribution in [0.25, 0.3) is 10.9 Å². The van der Waals surface area contributed by atoms with Gasteiger partial charge in [-0.25, -0.2) is 14.4 Å². The van der Waals surface area contributed by atoms with E-state index in [1.54, 1.807) is 6.07 Å². The van der Waals surface area contributed by atoms with E-state index in [4.69, 9.17) is 27.9 Å². The van der Waals surface area contributed by atoms with Gasteiger partial charge in [0.15, 0.2) is 11.6 Å². The van der Waals surface area contributed by atoms with Gasteiger partial charge >= 0.3 is 0 Å². The van der Waals surface area contributed by atoms with Gasteiger partial charge in [-0.05, 0) is 49.2 Å². The minimum absolute atomic E-state index is 0.113. The predicted octanol–water partition coefficient (Wildman–Crippen LogP) is 5.90. The number of anilines is 2. The van der Waals surface area contributed by atoms with Crippen molar-refractivity contribution in [3.63, 3.8) is 0 Å². The van der Waals surface area contributed by atoms with Gasteiger partial charge in [-0.2, -0.15) is 0 Å². The number of ether oxygens (including phenoxy) is 1. The molecule has 0 amide bonds.